The van der Waals surface area contributed by atoms with Crippen molar-refractivity contribution in [1.29, 1.82) is 0 Å². The lowest BCUT2D eigenvalue weighted by atomic mass is 10.1. The van der Waals surface area contributed by atoms with Gasteiger partial charge in [-0.05, 0) is 67.4 Å². The van der Waals surface area contributed by atoms with Crippen LogP contribution in [0, 0.1) is 0 Å². The zero-order valence-corrected chi connectivity index (χ0v) is 24.3. The lowest BCUT2D eigenvalue weighted by molar-refractivity contribution is -0.139. The van der Waals surface area contributed by atoms with Gasteiger partial charge < -0.3 is 15.0 Å². The normalized spacial score (nSPS) is 11.9. The summed E-state index contributed by atoms with van der Waals surface area (Å²) in [4.78, 5) is 27.7. The van der Waals surface area contributed by atoms with E-state index >= 15 is 0 Å². The molecule has 0 heterocycles. The molecule has 0 aliphatic heterocycles. The molecule has 3 aromatic rings. The Balaban J connectivity index is 1.86. The van der Waals surface area contributed by atoms with Crippen LogP contribution < -0.4 is 14.4 Å². The molecule has 0 saturated heterocycles. The van der Waals surface area contributed by atoms with Gasteiger partial charge in [0.25, 0.3) is 0 Å². The molecule has 0 radical (unpaired) electrons. The fraction of sp³-hybridized carbons (Fsp3) is 0.286. The van der Waals surface area contributed by atoms with Crippen molar-refractivity contribution < 1.29 is 22.7 Å². The number of para-hydroxylation sites is 1. The van der Waals surface area contributed by atoms with Crippen LogP contribution in [0.2, 0.25) is 10.0 Å². The zero-order valence-electron chi connectivity index (χ0n) is 21.9. The van der Waals surface area contributed by atoms with Crippen LogP contribution in [0.15, 0.2) is 72.8 Å². The van der Waals surface area contributed by atoms with E-state index in [4.69, 9.17) is 27.9 Å². The number of nitrogens with one attached hydrogen (secondary N) is 1. The number of amides is 2. The van der Waals surface area contributed by atoms with Crippen molar-refractivity contribution in [3.8, 4) is 11.5 Å². The number of halogens is 2. The van der Waals surface area contributed by atoms with Gasteiger partial charge in [0.05, 0.1) is 22.0 Å². The minimum absolute atomic E-state index is 0.0257. The first-order valence-corrected chi connectivity index (χ1v) is 14.9. The van der Waals surface area contributed by atoms with E-state index < -0.39 is 28.5 Å². The SMILES string of the molecule is CCCNC(=O)[C@H](C)N(Cc1ccc(Cl)c(Cl)c1)C(=O)CN(c1ccc(Oc2ccccc2)cc1)S(C)(=O)=O. The Morgan fingerprint density at radius 1 is 0.949 bits per heavy atom. The number of rotatable bonds is 12. The molecule has 1 atom stereocenters. The van der Waals surface area contributed by atoms with Crippen molar-refractivity contribution >= 4 is 50.7 Å². The first-order valence-electron chi connectivity index (χ1n) is 12.3. The molecular weight excluding hydrogens is 561 g/mol. The molecule has 3 aromatic carbocycles. The number of carbonyl (C=O) groups excluding carboxylic acids is 2. The van der Waals surface area contributed by atoms with Gasteiger partial charge >= 0.3 is 0 Å². The second-order valence-electron chi connectivity index (χ2n) is 8.92. The predicted octanol–water partition coefficient (Wildman–Crippen LogP) is 5.50. The molecule has 2 amide bonds. The van der Waals surface area contributed by atoms with Gasteiger partial charge in [0.15, 0.2) is 0 Å². The minimum atomic E-state index is -3.86. The molecule has 0 unspecified atom stereocenters. The van der Waals surface area contributed by atoms with Crippen LogP contribution in [0.25, 0.3) is 0 Å². The van der Waals surface area contributed by atoms with E-state index in [1.165, 1.54) is 4.90 Å². The highest BCUT2D eigenvalue weighted by molar-refractivity contribution is 7.92. The van der Waals surface area contributed by atoms with E-state index in [1.54, 1.807) is 61.5 Å². The highest BCUT2D eigenvalue weighted by atomic mass is 35.5. The third-order valence-electron chi connectivity index (χ3n) is 5.84. The van der Waals surface area contributed by atoms with Crippen LogP contribution in [0.4, 0.5) is 5.69 Å². The number of benzene rings is 3. The van der Waals surface area contributed by atoms with Crippen molar-refractivity contribution in [3.63, 3.8) is 0 Å². The number of hydrogen-bond acceptors (Lipinski definition) is 5. The Hall–Kier alpha value is -3.27. The second-order valence-corrected chi connectivity index (χ2v) is 11.6. The van der Waals surface area contributed by atoms with Crippen molar-refractivity contribution in [2.75, 3.05) is 23.7 Å². The number of nitrogens with zero attached hydrogens (tertiary/aromatic N) is 2. The van der Waals surface area contributed by atoms with Gasteiger partial charge in [-0.3, -0.25) is 13.9 Å². The maximum Gasteiger partial charge on any atom is 0.244 e. The second kappa shape index (κ2) is 13.7. The fourth-order valence-electron chi connectivity index (χ4n) is 3.73. The topological polar surface area (TPSA) is 96.0 Å². The number of hydrogen-bond donors (Lipinski definition) is 1. The largest absolute Gasteiger partial charge is 0.457 e. The Morgan fingerprint density at radius 3 is 2.18 bits per heavy atom. The molecule has 0 aliphatic rings. The van der Waals surface area contributed by atoms with Crippen LogP contribution in [-0.4, -0.2) is 50.5 Å². The third-order valence-corrected chi connectivity index (χ3v) is 7.72. The average molecular weight is 593 g/mol. The molecule has 11 heteroatoms. The third kappa shape index (κ3) is 8.61. The molecule has 208 valence electrons. The van der Waals surface area contributed by atoms with E-state index in [0.29, 0.717) is 33.7 Å². The highest BCUT2D eigenvalue weighted by Crippen LogP contribution is 2.27. The van der Waals surface area contributed by atoms with Crippen molar-refractivity contribution in [3.05, 3.63) is 88.4 Å². The summed E-state index contributed by atoms with van der Waals surface area (Å²) in [5.41, 5.74) is 0.921. The molecule has 0 aliphatic carbocycles. The number of anilines is 1. The minimum Gasteiger partial charge on any atom is -0.457 e. The van der Waals surface area contributed by atoms with Crippen LogP contribution >= 0.6 is 23.2 Å². The van der Waals surface area contributed by atoms with Gasteiger partial charge in [-0.15, -0.1) is 0 Å². The van der Waals surface area contributed by atoms with Crippen molar-refractivity contribution in [1.82, 2.24) is 10.2 Å². The lowest BCUT2D eigenvalue weighted by Crippen LogP contribution is -2.51. The monoisotopic (exact) mass is 591 g/mol. The molecular formula is C28H31Cl2N3O5S. The fourth-order valence-corrected chi connectivity index (χ4v) is 4.90. The highest BCUT2D eigenvalue weighted by Gasteiger charge is 2.30. The van der Waals surface area contributed by atoms with Crippen LogP contribution in [0.5, 0.6) is 11.5 Å². The van der Waals surface area contributed by atoms with Gasteiger partial charge in [0.1, 0.15) is 24.1 Å². The van der Waals surface area contributed by atoms with Gasteiger partial charge in [0, 0.05) is 13.1 Å². The molecule has 0 aromatic heterocycles. The van der Waals surface area contributed by atoms with Crippen LogP contribution in [-0.2, 0) is 26.2 Å². The van der Waals surface area contributed by atoms with E-state index in [0.717, 1.165) is 17.0 Å². The van der Waals surface area contributed by atoms with Gasteiger partial charge in [-0.2, -0.15) is 0 Å². The number of sulfonamides is 1. The summed E-state index contributed by atoms with van der Waals surface area (Å²) in [6.45, 7) is 3.48. The Kier molecular flexibility index (Phi) is 10.6. The summed E-state index contributed by atoms with van der Waals surface area (Å²) in [6, 6.07) is 19.6. The first kappa shape index (κ1) is 30.3. The van der Waals surface area contributed by atoms with E-state index in [2.05, 4.69) is 5.32 Å². The van der Waals surface area contributed by atoms with Crippen LogP contribution in [0.1, 0.15) is 25.8 Å². The summed E-state index contributed by atoms with van der Waals surface area (Å²) in [5.74, 6) is 0.231. The molecule has 39 heavy (non-hydrogen) atoms. The smallest absolute Gasteiger partial charge is 0.244 e. The molecule has 0 bridgehead atoms. The van der Waals surface area contributed by atoms with E-state index in [1.807, 2.05) is 25.1 Å². The molecule has 0 spiro atoms. The van der Waals surface area contributed by atoms with E-state index in [9.17, 15) is 18.0 Å². The molecule has 0 saturated carbocycles. The summed E-state index contributed by atoms with van der Waals surface area (Å²) < 4.78 is 32.3. The standard InChI is InChI=1S/C28H31Cl2N3O5S/c1-4-16-31-28(35)20(2)32(18-21-10-15-25(29)26(30)17-21)27(34)19-33(39(3,36)37)22-11-13-24(14-12-22)38-23-8-6-5-7-9-23/h5-15,17,20H,4,16,18-19H2,1-3H3,(H,31,35)/t20-/m0/s1. The summed E-state index contributed by atoms with van der Waals surface area (Å²) in [6.07, 6.45) is 1.75. The molecule has 1 N–H and O–H groups in total. The van der Waals surface area contributed by atoms with Crippen molar-refractivity contribution in [2.45, 2.75) is 32.9 Å². The zero-order chi connectivity index (χ0) is 28.6. The lowest BCUT2D eigenvalue weighted by Gasteiger charge is -2.31. The van der Waals surface area contributed by atoms with Crippen molar-refractivity contribution in [2.24, 2.45) is 0 Å². The number of ether oxygens (including phenoxy) is 1. The average Bonchev–Trinajstić information content (AvgIpc) is 2.91. The Morgan fingerprint density at radius 2 is 1.59 bits per heavy atom. The van der Waals surface area contributed by atoms with E-state index in [-0.39, 0.29) is 18.1 Å². The molecule has 8 nitrogen and oxygen atoms in total. The predicted molar refractivity (Wildman–Crippen MR) is 155 cm³/mol. The van der Waals surface area contributed by atoms with Gasteiger partial charge in [-0.25, -0.2) is 8.42 Å². The molecule has 0 fully saturated rings. The van der Waals surface area contributed by atoms with Gasteiger partial charge in [0.2, 0.25) is 21.8 Å². The summed E-state index contributed by atoms with van der Waals surface area (Å²) in [5, 5.41) is 3.45. The number of carbonyl (C=O) groups is 2. The quantitative estimate of drug-likeness (QED) is 0.300. The maximum atomic E-state index is 13.6. The van der Waals surface area contributed by atoms with Gasteiger partial charge in [-0.1, -0.05) is 54.4 Å². The van der Waals surface area contributed by atoms with Crippen LogP contribution in [0.3, 0.4) is 0 Å². The summed E-state index contributed by atoms with van der Waals surface area (Å²) >= 11 is 12.2. The summed E-state index contributed by atoms with van der Waals surface area (Å²) in [7, 11) is -3.86. The Bertz CT molecular complexity index is 1390. The Labute approximate surface area is 239 Å². The first-order chi connectivity index (χ1) is 18.5. The maximum absolute atomic E-state index is 13.6. The molecule has 3 rings (SSSR count).